The third kappa shape index (κ3) is 2.42. The minimum Gasteiger partial charge on any atom is -0.491 e. The van der Waals surface area contributed by atoms with E-state index in [0.717, 1.165) is 6.42 Å². The lowest BCUT2D eigenvalue weighted by Crippen LogP contribution is -1.99. The summed E-state index contributed by atoms with van der Waals surface area (Å²) in [5.41, 5.74) is 0.272. The van der Waals surface area contributed by atoms with Crippen LogP contribution in [0.5, 0.6) is 5.75 Å². The summed E-state index contributed by atoms with van der Waals surface area (Å²) in [5.74, 6) is -0.244. The molecule has 1 N–H and O–H groups in total. The van der Waals surface area contributed by atoms with Crippen LogP contribution in [0, 0.1) is 5.82 Å². The fraction of sp³-hybridized carbons (Fsp3) is 0.400. The van der Waals surface area contributed by atoms with E-state index in [4.69, 9.17) is 9.84 Å². The third-order valence-corrected chi connectivity index (χ3v) is 1.68. The Morgan fingerprint density at radius 2 is 2.23 bits per heavy atom. The molecule has 0 radical (unpaired) electrons. The average molecular weight is 184 g/mol. The van der Waals surface area contributed by atoms with E-state index >= 15 is 0 Å². The Hall–Kier alpha value is -1.09. The fourth-order valence-electron chi connectivity index (χ4n) is 1.00. The molecule has 0 bridgehead atoms. The van der Waals surface area contributed by atoms with Crippen molar-refractivity contribution in [2.45, 2.75) is 20.0 Å². The molecule has 0 saturated carbocycles. The second-order valence-corrected chi connectivity index (χ2v) is 2.74. The van der Waals surface area contributed by atoms with E-state index in [1.165, 1.54) is 6.07 Å². The SMILES string of the molecule is CCCOc1cccc(CO)c1F. The zero-order valence-electron chi connectivity index (χ0n) is 7.59. The van der Waals surface area contributed by atoms with Gasteiger partial charge >= 0.3 is 0 Å². The van der Waals surface area contributed by atoms with Crippen molar-refractivity contribution in [3.05, 3.63) is 29.6 Å². The maximum atomic E-state index is 13.3. The van der Waals surface area contributed by atoms with Crippen LogP contribution in [0.2, 0.25) is 0 Å². The van der Waals surface area contributed by atoms with Gasteiger partial charge in [0.25, 0.3) is 0 Å². The Labute approximate surface area is 77.0 Å². The van der Waals surface area contributed by atoms with Gasteiger partial charge in [0.2, 0.25) is 0 Å². The maximum Gasteiger partial charge on any atom is 0.170 e. The number of aliphatic hydroxyl groups excluding tert-OH is 1. The smallest absolute Gasteiger partial charge is 0.170 e. The van der Waals surface area contributed by atoms with Gasteiger partial charge in [-0.15, -0.1) is 0 Å². The molecule has 13 heavy (non-hydrogen) atoms. The molecule has 0 aliphatic rings. The normalized spacial score (nSPS) is 10.1. The highest BCUT2D eigenvalue weighted by Crippen LogP contribution is 2.20. The summed E-state index contributed by atoms with van der Waals surface area (Å²) < 4.78 is 18.5. The van der Waals surface area contributed by atoms with Crippen molar-refractivity contribution in [3.8, 4) is 5.75 Å². The first kappa shape index (κ1) is 9.99. The second kappa shape index (κ2) is 4.82. The molecule has 0 heterocycles. The van der Waals surface area contributed by atoms with Crippen LogP contribution in [-0.4, -0.2) is 11.7 Å². The van der Waals surface area contributed by atoms with Crippen molar-refractivity contribution >= 4 is 0 Å². The van der Waals surface area contributed by atoms with Crippen LogP contribution in [-0.2, 0) is 6.61 Å². The Bertz CT molecular complexity index is 274. The van der Waals surface area contributed by atoms with Crippen LogP contribution < -0.4 is 4.74 Å². The summed E-state index contributed by atoms with van der Waals surface area (Å²) in [6.45, 7) is 2.15. The van der Waals surface area contributed by atoms with Crippen LogP contribution >= 0.6 is 0 Å². The molecule has 1 aromatic rings. The molecule has 1 rings (SSSR count). The number of hydrogen-bond donors (Lipinski definition) is 1. The Morgan fingerprint density at radius 3 is 2.85 bits per heavy atom. The van der Waals surface area contributed by atoms with Gasteiger partial charge in [-0.25, -0.2) is 4.39 Å². The zero-order valence-corrected chi connectivity index (χ0v) is 7.59. The van der Waals surface area contributed by atoms with Crippen molar-refractivity contribution in [2.75, 3.05) is 6.61 Å². The van der Waals surface area contributed by atoms with E-state index in [-0.39, 0.29) is 17.9 Å². The minimum absolute atomic E-state index is 0.216. The number of hydrogen-bond acceptors (Lipinski definition) is 2. The molecule has 0 aromatic heterocycles. The molecule has 0 spiro atoms. The van der Waals surface area contributed by atoms with E-state index in [1.54, 1.807) is 12.1 Å². The van der Waals surface area contributed by atoms with Gasteiger partial charge in [0.1, 0.15) is 0 Å². The lowest BCUT2D eigenvalue weighted by atomic mass is 10.2. The van der Waals surface area contributed by atoms with E-state index in [1.807, 2.05) is 6.92 Å². The first-order chi connectivity index (χ1) is 6.29. The number of halogens is 1. The topological polar surface area (TPSA) is 29.5 Å². The lowest BCUT2D eigenvalue weighted by molar-refractivity contribution is 0.266. The van der Waals surface area contributed by atoms with Crippen LogP contribution in [0.4, 0.5) is 4.39 Å². The monoisotopic (exact) mass is 184 g/mol. The fourth-order valence-corrected chi connectivity index (χ4v) is 1.00. The Kier molecular flexibility index (Phi) is 3.71. The van der Waals surface area contributed by atoms with E-state index in [2.05, 4.69) is 0 Å². The van der Waals surface area contributed by atoms with Crippen molar-refractivity contribution in [3.63, 3.8) is 0 Å². The maximum absolute atomic E-state index is 13.3. The summed E-state index contributed by atoms with van der Waals surface area (Å²) in [5, 5.41) is 8.77. The highest BCUT2D eigenvalue weighted by atomic mass is 19.1. The molecule has 0 fully saturated rings. The van der Waals surface area contributed by atoms with Crippen molar-refractivity contribution in [1.29, 1.82) is 0 Å². The number of aliphatic hydroxyl groups is 1. The molecule has 0 amide bonds. The van der Waals surface area contributed by atoms with Gasteiger partial charge in [-0.05, 0) is 12.5 Å². The van der Waals surface area contributed by atoms with Crippen molar-refractivity contribution in [2.24, 2.45) is 0 Å². The predicted molar refractivity (Wildman–Crippen MR) is 48.1 cm³/mol. The molecular formula is C10H13FO2. The third-order valence-electron chi connectivity index (χ3n) is 1.68. The highest BCUT2D eigenvalue weighted by molar-refractivity contribution is 5.30. The predicted octanol–water partition coefficient (Wildman–Crippen LogP) is 2.11. The first-order valence-corrected chi connectivity index (χ1v) is 4.30. The van der Waals surface area contributed by atoms with E-state index in [0.29, 0.717) is 6.61 Å². The van der Waals surface area contributed by atoms with Crippen LogP contribution in [0.3, 0.4) is 0 Å². The molecule has 0 unspecified atom stereocenters. The van der Waals surface area contributed by atoms with E-state index < -0.39 is 5.82 Å². The minimum atomic E-state index is -0.460. The molecule has 3 heteroatoms. The Morgan fingerprint density at radius 1 is 1.46 bits per heavy atom. The first-order valence-electron chi connectivity index (χ1n) is 4.30. The number of benzene rings is 1. The molecule has 0 atom stereocenters. The molecule has 0 saturated heterocycles. The van der Waals surface area contributed by atoms with Crippen LogP contribution in [0.1, 0.15) is 18.9 Å². The van der Waals surface area contributed by atoms with Gasteiger partial charge < -0.3 is 9.84 Å². The Balaban J connectivity index is 2.81. The number of ether oxygens (including phenoxy) is 1. The molecular weight excluding hydrogens is 171 g/mol. The van der Waals surface area contributed by atoms with Crippen LogP contribution in [0.25, 0.3) is 0 Å². The van der Waals surface area contributed by atoms with Gasteiger partial charge in [0.15, 0.2) is 11.6 Å². The van der Waals surface area contributed by atoms with Crippen molar-refractivity contribution < 1.29 is 14.2 Å². The van der Waals surface area contributed by atoms with E-state index in [9.17, 15) is 4.39 Å². The van der Waals surface area contributed by atoms with Gasteiger partial charge in [0.05, 0.1) is 13.2 Å². The van der Waals surface area contributed by atoms with Gasteiger partial charge in [-0.1, -0.05) is 19.1 Å². The molecule has 0 aliphatic heterocycles. The lowest BCUT2D eigenvalue weighted by Gasteiger charge is -2.07. The largest absolute Gasteiger partial charge is 0.491 e. The summed E-state index contributed by atoms with van der Waals surface area (Å²) in [4.78, 5) is 0. The molecule has 72 valence electrons. The molecule has 1 aromatic carbocycles. The summed E-state index contributed by atoms with van der Waals surface area (Å²) in [6.07, 6.45) is 0.836. The second-order valence-electron chi connectivity index (χ2n) is 2.74. The van der Waals surface area contributed by atoms with Gasteiger partial charge in [0, 0.05) is 5.56 Å². The number of rotatable bonds is 4. The zero-order chi connectivity index (χ0) is 9.68. The van der Waals surface area contributed by atoms with Gasteiger partial charge in [-0.2, -0.15) is 0 Å². The van der Waals surface area contributed by atoms with Crippen LogP contribution in [0.15, 0.2) is 18.2 Å². The summed E-state index contributed by atoms with van der Waals surface area (Å²) >= 11 is 0. The summed E-state index contributed by atoms with van der Waals surface area (Å²) in [6, 6.07) is 4.76. The van der Waals surface area contributed by atoms with Crippen molar-refractivity contribution in [1.82, 2.24) is 0 Å². The van der Waals surface area contributed by atoms with Gasteiger partial charge in [-0.3, -0.25) is 0 Å². The quantitative estimate of drug-likeness (QED) is 0.776. The standard InChI is InChI=1S/C10H13FO2/c1-2-6-13-9-5-3-4-8(7-12)10(9)11/h3-5,12H,2,6-7H2,1H3. The average Bonchev–Trinajstić information content (AvgIpc) is 2.16. The summed E-state index contributed by atoms with van der Waals surface area (Å²) in [7, 11) is 0. The highest BCUT2D eigenvalue weighted by Gasteiger charge is 2.07. The molecule has 0 aliphatic carbocycles. The molecule has 2 nitrogen and oxygen atoms in total.